The zero-order chi connectivity index (χ0) is 41.0. The first-order valence-corrected chi connectivity index (χ1v) is 21.2. The fourth-order valence-electron chi connectivity index (χ4n) is 9.34. The van der Waals surface area contributed by atoms with Crippen LogP contribution in [0.25, 0.3) is 98.8 Å². The van der Waals surface area contributed by atoms with Crippen LogP contribution in [0, 0.1) is 0 Å². The number of furan rings is 1. The molecule has 0 radical (unpaired) electrons. The molecule has 0 saturated heterocycles. The number of hydrogen-bond donors (Lipinski definition) is 0. The Kier molecular flexibility index (Phi) is 8.53. The number of fused-ring (bicyclic) bond motifs is 7. The Morgan fingerprint density at radius 2 is 0.790 bits per heavy atom. The molecule has 2 nitrogen and oxygen atoms in total. The van der Waals surface area contributed by atoms with E-state index in [9.17, 15) is 0 Å². The Hall–Kier alpha value is -8.20. The minimum atomic E-state index is 0.887. The molecule has 12 aromatic rings. The maximum absolute atomic E-state index is 6.43. The summed E-state index contributed by atoms with van der Waals surface area (Å²) in [6, 6.07) is 85.5. The molecule has 0 fully saturated rings. The van der Waals surface area contributed by atoms with Gasteiger partial charge in [0.15, 0.2) is 0 Å². The first-order chi connectivity index (χ1) is 30.7. The number of anilines is 3. The summed E-state index contributed by atoms with van der Waals surface area (Å²) in [5, 5.41) is 9.67. The van der Waals surface area contributed by atoms with Gasteiger partial charge < -0.3 is 9.32 Å². The normalized spacial score (nSPS) is 11.5. The number of rotatable bonds is 7. The first-order valence-electron chi connectivity index (χ1n) is 21.2. The third kappa shape index (κ3) is 6.20. The molecule has 1 heterocycles. The molecule has 0 spiro atoms. The van der Waals surface area contributed by atoms with E-state index in [0.29, 0.717) is 0 Å². The Bertz CT molecular complexity index is 3600. The van der Waals surface area contributed by atoms with Gasteiger partial charge >= 0.3 is 0 Å². The van der Waals surface area contributed by atoms with Crippen molar-refractivity contribution in [3.63, 3.8) is 0 Å². The quantitative estimate of drug-likeness (QED) is 0.150. The molecule has 0 unspecified atom stereocenters. The minimum Gasteiger partial charge on any atom is -0.456 e. The molecule has 62 heavy (non-hydrogen) atoms. The van der Waals surface area contributed by atoms with Gasteiger partial charge in [0.05, 0.1) is 5.69 Å². The van der Waals surface area contributed by atoms with Gasteiger partial charge in [-0.15, -0.1) is 0 Å². The highest BCUT2D eigenvalue weighted by atomic mass is 16.3. The summed E-state index contributed by atoms with van der Waals surface area (Å²) in [4.78, 5) is 2.39. The van der Waals surface area contributed by atoms with Gasteiger partial charge in [-0.2, -0.15) is 0 Å². The van der Waals surface area contributed by atoms with E-state index in [1.165, 1.54) is 65.7 Å². The SMILES string of the molecule is c1ccc(-c2ccc(-c3ccc(N(c4ccc(-c5cccc6c5ccc5ccccc56)cc4)c4ccccc4-c4ccc5oc6cc7ccccc7cc6c5c4)cc3)cc2)cc1. The van der Waals surface area contributed by atoms with Crippen LogP contribution in [0.1, 0.15) is 0 Å². The van der Waals surface area contributed by atoms with Crippen molar-refractivity contribution in [1.29, 1.82) is 0 Å². The van der Waals surface area contributed by atoms with Gasteiger partial charge in [0.2, 0.25) is 0 Å². The second kappa shape index (κ2) is 14.8. The minimum absolute atomic E-state index is 0.887. The summed E-state index contributed by atoms with van der Waals surface area (Å²) in [5.74, 6) is 0. The van der Waals surface area contributed by atoms with Crippen molar-refractivity contribution in [3.05, 3.63) is 237 Å². The number of benzene rings is 11. The van der Waals surface area contributed by atoms with Crippen LogP contribution in [-0.4, -0.2) is 0 Å². The van der Waals surface area contributed by atoms with Gasteiger partial charge in [0, 0.05) is 27.7 Å². The van der Waals surface area contributed by atoms with Gasteiger partial charge in [-0.25, -0.2) is 0 Å². The van der Waals surface area contributed by atoms with E-state index in [1.54, 1.807) is 0 Å². The van der Waals surface area contributed by atoms with Crippen LogP contribution < -0.4 is 4.90 Å². The van der Waals surface area contributed by atoms with Crippen molar-refractivity contribution in [1.82, 2.24) is 0 Å². The molecule has 12 rings (SSSR count). The van der Waals surface area contributed by atoms with Crippen molar-refractivity contribution < 1.29 is 4.42 Å². The smallest absolute Gasteiger partial charge is 0.136 e. The zero-order valence-electron chi connectivity index (χ0n) is 33.9. The topological polar surface area (TPSA) is 16.4 Å². The van der Waals surface area contributed by atoms with E-state index in [-0.39, 0.29) is 0 Å². The van der Waals surface area contributed by atoms with E-state index >= 15 is 0 Å². The molecule has 0 aliphatic carbocycles. The van der Waals surface area contributed by atoms with Crippen LogP contribution in [0.15, 0.2) is 241 Å². The van der Waals surface area contributed by atoms with Crippen LogP contribution in [-0.2, 0) is 0 Å². The Balaban J connectivity index is 0.973. The molecular weight excluding hydrogens is 751 g/mol. The van der Waals surface area contributed by atoms with Crippen LogP contribution in [0.3, 0.4) is 0 Å². The lowest BCUT2D eigenvalue weighted by Crippen LogP contribution is -2.11. The van der Waals surface area contributed by atoms with Crippen LogP contribution in [0.4, 0.5) is 17.1 Å². The first kappa shape index (κ1) is 35.7. The Morgan fingerprint density at radius 3 is 1.53 bits per heavy atom. The molecule has 290 valence electrons. The molecule has 0 aliphatic rings. The van der Waals surface area contributed by atoms with Crippen molar-refractivity contribution in [3.8, 4) is 44.5 Å². The number of nitrogens with zero attached hydrogens (tertiary/aromatic N) is 1. The molecule has 0 aliphatic heterocycles. The monoisotopic (exact) mass is 789 g/mol. The van der Waals surface area contributed by atoms with Gasteiger partial charge in [-0.3, -0.25) is 0 Å². The van der Waals surface area contributed by atoms with Crippen molar-refractivity contribution in [2.45, 2.75) is 0 Å². The number of hydrogen-bond acceptors (Lipinski definition) is 2. The summed E-state index contributed by atoms with van der Waals surface area (Å²) in [7, 11) is 0. The summed E-state index contributed by atoms with van der Waals surface area (Å²) >= 11 is 0. The summed E-state index contributed by atoms with van der Waals surface area (Å²) in [6.07, 6.45) is 0. The van der Waals surface area contributed by atoms with Gasteiger partial charge in [0.1, 0.15) is 11.2 Å². The van der Waals surface area contributed by atoms with E-state index in [1.807, 2.05) is 0 Å². The lowest BCUT2D eigenvalue weighted by molar-refractivity contribution is 0.669. The maximum atomic E-state index is 6.43. The van der Waals surface area contributed by atoms with E-state index in [4.69, 9.17) is 4.42 Å². The highest BCUT2D eigenvalue weighted by Crippen LogP contribution is 2.44. The van der Waals surface area contributed by atoms with Crippen LogP contribution in [0.2, 0.25) is 0 Å². The fourth-order valence-corrected chi connectivity index (χ4v) is 9.34. The molecule has 0 N–H and O–H groups in total. The van der Waals surface area contributed by atoms with Crippen LogP contribution in [0.5, 0.6) is 0 Å². The van der Waals surface area contributed by atoms with E-state index < -0.39 is 0 Å². The molecule has 2 heteroatoms. The average Bonchev–Trinajstić information content (AvgIpc) is 3.70. The van der Waals surface area contributed by atoms with E-state index in [2.05, 4.69) is 241 Å². The Morgan fingerprint density at radius 1 is 0.258 bits per heavy atom. The molecule has 11 aromatic carbocycles. The number of para-hydroxylation sites is 1. The van der Waals surface area contributed by atoms with Gasteiger partial charge in [-0.05, 0) is 126 Å². The predicted octanol–water partition coefficient (Wildman–Crippen LogP) is 17.2. The zero-order valence-corrected chi connectivity index (χ0v) is 33.9. The highest BCUT2D eigenvalue weighted by molar-refractivity contribution is 6.13. The second-order valence-electron chi connectivity index (χ2n) is 16.1. The third-order valence-corrected chi connectivity index (χ3v) is 12.5. The largest absolute Gasteiger partial charge is 0.456 e. The predicted molar refractivity (Wildman–Crippen MR) is 263 cm³/mol. The van der Waals surface area contributed by atoms with Gasteiger partial charge in [0.25, 0.3) is 0 Å². The standard InChI is InChI=1S/C60H39NO/c1-2-11-40(12-3-1)41-21-23-42(24-22-41)43-25-31-49(32-26-43)61(50-33-27-45(28-34-50)52-18-10-19-54-51-16-7-6-13-44(51)29-35-55(52)54)58-20-9-8-17-53(58)48-30-36-59-56(38-48)57-37-46-14-4-5-15-47(46)39-60(57)62-59/h1-39H. The molecule has 1 aromatic heterocycles. The molecule has 0 amide bonds. The van der Waals surface area contributed by atoms with Crippen molar-refractivity contribution >= 4 is 71.3 Å². The second-order valence-corrected chi connectivity index (χ2v) is 16.1. The summed E-state index contributed by atoms with van der Waals surface area (Å²) in [5.41, 5.74) is 14.5. The average molecular weight is 790 g/mol. The van der Waals surface area contributed by atoms with Crippen molar-refractivity contribution in [2.24, 2.45) is 0 Å². The van der Waals surface area contributed by atoms with Crippen molar-refractivity contribution in [2.75, 3.05) is 4.90 Å². The van der Waals surface area contributed by atoms with Crippen LogP contribution >= 0.6 is 0 Å². The summed E-state index contributed by atoms with van der Waals surface area (Å²) < 4.78 is 6.43. The molecule has 0 saturated carbocycles. The van der Waals surface area contributed by atoms with E-state index in [0.717, 1.165) is 50.1 Å². The summed E-state index contributed by atoms with van der Waals surface area (Å²) in [6.45, 7) is 0. The molecular formula is C60H39NO. The third-order valence-electron chi connectivity index (χ3n) is 12.5. The fraction of sp³-hybridized carbons (Fsp3) is 0. The lowest BCUT2D eigenvalue weighted by Gasteiger charge is -2.28. The molecule has 0 bridgehead atoms. The molecule has 0 atom stereocenters. The maximum Gasteiger partial charge on any atom is 0.136 e. The lowest BCUT2D eigenvalue weighted by atomic mass is 9.94. The van der Waals surface area contributed by atoms with Gasteiger partial charge in [-0.1, -0.05) is 182 Å². The highest BCUT2D eigenvalue weighted by Gasteiger charge is 2.19. The Labute approximate surface area is 360 Å².